The molecule has 0 atom stereocenters. The Bertz CT molecular complexity index is 219. The third-order valence-electron chi connectivity index (χ3n) is 2.44. The number of carbonyl (C=O) groups is 2. The monoisotopic (exact) mass is 199 g/mol. The smallest absolute Gasteiger partial charge is 0.410 e. The first kappa shape index (κ1) is 11.0. The maximum atomic E-state index is 11.4. The van der Waals surface area contributed by atoms with E-state index in [1.165, 1.54) is 6.92 Å². The van der Waals surface area contributed by atoms with Gasteiger partial charge >= 0.3 is 6.09 Å². The summed E-state index contributed by atoms with van der Waals surface area (Å²) in [7, 11) is 0. The van der Waals surface area contributed by atoms with Crippen LogP contribution in [-0.4, -0.2) is 36.5 Å². The average Bonchev–Trinajstić information content (AvgIpc) is 2.15. The molecule has 1 rings (SSSR count). The molecule has 14 heavy (non-hydrogen) atoms. The summed E-state index contributed by atoms with van der Waals surface area (Å²) in [6.07, 6.45) is 1.69. The third kappa shape index (κ3) is 3.36. The molecule has 4 heteroatoms. The first-order valence-corrected chi connectivity index (χ1v) is 5.00. The summed E-state index contributed by atoms with van der Waals surface area (Å²) in [5.74, 6) is 0.565. The minimum absolute atomic E-state index is 0.106. The van der Waals surface area contributed by atoms with Gasteiger partial charge in [-0.25, -0.2) is 4.79 Å². The summed E-state index contributed by atoms with van der Waals surface area (Å²) in [6.45, 7) is 4.98. The van der Waals surface area contributed by atoms with E-state index in [2.05, 4.69) is 6.92 Å². The van der Waals surface area contributed by atoms with Gasteiger partial charge in [0.05, 0.1) is 0 Å². The van der Waals surface area contributed by atoms with Crippen LogP contribution in [0.1, 0.15) is 26.7 Å². The molecule has 1 aliphatic heterocycles. The van der Waals surface area contributed by atoms with Gasteiger partial charge in [-0.3, -0.25) is 4.79 Å². The molecule has 0 aromatic heterocycles. The quantitative estimate of drug-likeness (QED) is 0.676. The molecule has 1 amide bonds. The molecule has 0 aromatic carbocycles. The van der Waals surface area contributed by atoms with Crippen molar-refractivity contribution >= 4 is 11.9 Å². The number of ketones is 1. The van der Waals surface area contributed by atoms with Crippen LogP contribution in [0.5, 0.6) is 0 Å². The highest BCUT2D eigenvalue weighted by atomic mass is 16.6. The minimum Gasteiger partial charge on any atom is -0.441 e. The molecule has 0 radical (unpaired) electrons. The van der Waals surface area contributed by atoms with Crippen LogP contribution < -0.4 is 0 Å². The molecular formula is C10H17NO3. The van der Waals surface area contributed by atoms with Gasteiger partial charge in [0.2, 0.25) is 0 Å². The predicted molar refractivity (Wildman–Crippen MR) is 52.0 cm³/mol. The number of rotatable bonds is 2. The van der Waals surface area contributed by atoms with Crippen molar-refractivity contribution in [2.24, 2.45) is 5.92 Å². The SMILES string of the molecule is CC(=O)COC(=O)N1CCC(C)CC1. The first-order valence-electron chi connectivity index (χ1n) is 5.00. The summed E-state index contributed by atoms with van der Waals surface area (Å²) in [5.41, 5.74) is 0. The number of nitrogens with zero attached hydrogens (tertiary/aromatic N) is 1. The van der Waals surface area contributed by atoms with Crippen molar-refractivity contribution in [1.29, 1.82) is 0 Å². The van der Waals surface area contributed by atoms with E-state index in [9.17, 15) is 9.59 Å². The Hall–Kier alpha value is -1.06. The number of piperidine rings is 1. The van der Waals surface area contributed by atoms with E-state index in [0.29, 0.717) is 5.92 Å². The molecule has 0 aromatic rings. The van der Waals surface area contributed by atoms with Gasteiger partial charge in [0, 0.05) is 13.1 Å². The van der Waals surface area contributed by atoms with Gasteiger partial charge in [0.15, 0.2) is 12.4 Å². The molecule has 1 fully saturated rings. The van der Waals surface area contributed by atoms with Crippen LogP contribution >= 0.6 is 0 Å². The van der Waals surface area contributed by atoms with Crippen molar-refractivity contribution in [3.63, 3.8) is 0 Å². The number of hydrogen-bond donors (Lipinski definition) is 0. The number of hydrogen-bond acceptors (Lipinski definition) is 3. The first-order chi connectivity index (χ1) is 6.59. The fraction of sp³-hybridized carbons (Fsp3) is 0.800. The van der Waals surface area contributed by atoms with E-state index in [0.717, 1.165) is 25.9 Å². The molecule has 1 aliphatic rings. The zero-order valence-corrected chi connectivity index (χ0v) is 8.78. The Morgan fingerprint density at radius 2 is 1.93 bits per heavy atom. The second-order valence-corrected chi connectivity index (χ2v) is 3.93. The number of Topliss-reactive ketones (excluding diaryl/α,β-unsaturated/α-hetero) is 1. The molecule has 4 nitrogen and oxygen atoms in total. The average molecular weight is 199 g/mol. The number of ether oxygens (including phenoxy) is 1. The van der Waals surface area contributed by atoms with E-state index >= 15 is 0 Å². The number of amides is 1. The van der Waals surface area contributed by atoms with Gasteiger partial charge in [0.25, 0.3) is 0 Å². The van der Waals surface area contributed by atoms with Gasteiger partial charge in [-0.05, 0) is 25.7 Å². The molecule has 0 N–H and O–H groups in total. The molecular weight excluding hydrogens is 182 g/mol. The fourth-order valence-electron chi connectivity index (χ4n) is 1.45. The van der Waals surface area contributed by atoms with Crippen LogP contribution in [-0.2, 0) is 9.53 Å². The Morgan fingerprint density at radius 3 is 2.43 bits per heavy atom. The van der Waals surface area contributed by atoms with Crippen LogP contribution in [0.15, 0.2) is 0 Å². The van der Waals surface area contributed by atoms with E-state index in [1.54, 1.807) is 4.90 Å². The van der Waals surface area contributed by atoms with E-state index in [-0.39, 0.29) is 18.5 Å². The molecule has 0 unspecified atom stereocenters. The van der Waals surface area contributed by atoms with Crippen LogP contribution in [0.4, 0.5) is 4.79 Å². The predicted octanol–water partition coefficient (Wildman–Crippen LogP) is 1.44. The van der Waals surface area contributed by atoms with Crippen LogP contribution in [0.3, 0.4) is 0 Å². The lowest BCUT2D eigenvalue weighted by atomic mass is 10.00. The molecule has 80 valence electrons. The Morgan fingerprint density at radius 1 is 1.36 bits per heavy atom. The fourth-order valence-corrected chi connectivity index (χ4v) is 1.45. The number of likely N-dealkylation sites (tertiary alicyclic amines) is 1. The highest BCUT2D eigenvalue weighted by molar-refractivity contribution is 5.79. The Labute approximate surface area is 84.2 Å². The van der Waals surface area contributed by atoms with Crippen LogP contribution in [0.2, 0.25) is 0 Å². The lowest BCUT2D eigenvalue weighted by Gasteiger charge is -2.29. The van der Waals surface area contributed by atoms with Gasteiger partial charge in [-0.2, -0.15) is 0 Å². The van der Waals surface area contributed by atoms with E-state index in [1.807, 2.05) is 0 Å². The maximum absolute atomic E-state index is 11.4. The highest BCUT2D eigenvalue weighted by Gasteiger charge is 2.21. The second-order valence-electron chi connectivity index (χ2n) is 3.93. The Balaban J connectivity index is 2.27. The molecule has 0 bridgehead atoms. The van der Waals surface area contributed by atoms with Crippen LogP contribution in [0, 0.1) is 5.92 Å². The van der Waals surface area contributed by atoms with E-state index < -0.39 is 0 Å². The second kappa shape index (κ2) is 4.98. The number of carbonyl (C=O) groups excluding carboxylic acids is 2. The molecule has 0 spiro atoms. The minimum atomic E-state index is -0.355. The molecule has 1 heterocycles. The van der Waals surface area contributed by atoms with Crippen molar-refractivity contribution < 1.29 is 14.3 Å². The van der Waals surface area contributed by atoms with Gasteiger partial charge in [0.1, 0.15) is 0 Å². The van der Waals surface area contributed by atoms with Crippen molar-refractivity contribution in [3.8, 4) is 0 Å². The lowest BCUT2D eigenvalue weighted by Crippen LogP contribution is -2.38. The summed E-state index contributed by atoms with van der Waals surface area (Å²) in [4.78, 5) is 23.6. The zero-order valence-electron chi connectivity index (χ0n) is 8.78. The summed E-state index contributed by atoms with van der Waals surface area (Å²) >= 11 is 0. The largest absolute Gasteiger partial charge is 0.441 e. The van der Waals surface area contributed by atoms with Crippen molar-refractivity contribution in [1.82, 2.24) is 4.90 Å². The van der Waals surface area contributed by atoms with E-state index in [4.69, 9.17) is 4.74 Å². The zero-order chi connectivity index (χ0) is 10.6. The molecule has 0 saturated carbocycles. The Kier molecular flexibility index (Phi) is 3.92. The van der Waals surface area contributed by atoms with Crippen molar-refractivity contribution in [2.75, 3.05) is 19.7 Å². The molecule has 0 aliphatic carbocycles. The van der Waals surface area contributed by atoms with Crippen molar-refractivity contribution in [2.45, 2.75) is 26.7 Å². The van der Waals surface area contributed by atoms with Crippen molar-refractivity contribution in [3.05, 3.63) is 0 Å². The topological polar surface area (TPSA) is 46.6 Å². The van der Waals surface area contributed by atoms with Crippen LogP contribution in [0.25, 0.3) is 0 Å². The third-order valence-corrected chi connectivity index (χ3v) is 2.44. The maximum Gasteiger partial charge on any atom is 0.410 e. The summed E-state index contributed by atoms with van der Waals surface area (Å²) < 4.78 is 4.82. The summed E-state index contributed by atoms with van der Waals surface area (Å²) in [5, 5.41) is 0. The van der Waals surface area contributed by atoms with Gasteiger partial charge < -0.3 is 9.64 Å². The highest BCUT2D eigenvalue weighted by Crippen LogP contribution is 2.16. The summed E-state index contributed by atoms with van der Waals surface area (Å²) in [6, 6.07) is 0. The standard InChI is InChI=1S/C10H17NO3/c1-8-3-5-11(6-4-8)10(13)14-7-9(2)12/h8H,3-7H2,1-2H3. The van der Waals surface area contributed by atoms with Gasteiger partial charge in [-0.1, -0.05) is 6.92 Å². The van der Waals surface area contributed by atoms with Gasteiger partial charge in [-0.15, -0.1) is 0 Å². The lowest BCUT2D eigenvalue weighted by molar-refractivity contribution is -0.120. The normalized spacial score (nSPS) is 18.0. The molecule has 1 saturated heterocycles.